The van der Waals surface area contributed by atoms with Crippen molar-refractivity contribution >= 4 is 11.9 Å². The third kappa shape index (κ3) is 4.63. The first-order valence-corrected chi connectivity index (χ1v) is 9.47. The second-order valence-corrected chi connectivity index (χ2v) is 6.59. The van der Waals surface area contributed by atoms with E-state index in [0.717, 1.165) is 24.8 Å². The quantitative estimate of drug-likeness (QED) is 0.742. The van der Waals surface area contributed by atoms with Gasteiger partial charge in [-0.2, -0.15) is 0 Å². The molecule has 148 valence electrons. The van der Waals surface area contributed by atoms with Crippen LogP contribution in [0.25, 0.3) is 0 Å². The second kappa shape index (κ2) is 9.26. The van der Waals surface area contributed by atoms with Gasteiger partial charge in [0.1, 0.15) is 0 Å². The molecule has 6 heteroatoms. The number of benzene rings is 2. The molecule has 0 unspecified atom stereocenters. The third-order valence-electron chi connectivity index (χ3n) is 4.74. The average Bonchev–Trinajstić information content (AvgIpc) is 2.73. The number of ether oxygens (including phenoxy) is 3. The van der Waals surface area contributed by atoms with Crippen molar-refractivity contribution in [1.29, 1.82) is 0 Å². The van der Waals surface area contributed by atoms with Crippen LogP contribution >= 0.6 is 0 Å². The fourth-order valence-electron chi connectivity index (χ4n) is 3.42. The number of methoxy groups -OCH3 is 1. The maximum atomic E-state index is 12.3. The largest absolute Gasteiger partial charge is 0.493 e. The topological polar surface area (TPSA) is 73.9 Å². The molecule has 0 spiro atoms. The summed E-state index contributed by atoms with van der Waals surface area (Å²) < 4.78 is 15.8. The van der Waals surface area contributed by atoms with Gasteiger partial charge in [-0.1, -0.05) is 24.3 Å². The first kappa shape index (κ1) is 19.7. The zero-order valence-electron chi connectivity index (χ0n) is 16.2. The van der Waals surface area contributed by atoms with Gasteiger partial charge in [0.15, 0.2) is 18.1 Å². The van der Waals surface area contributed by atoms with Crippen molar-refractivity contribution in [1.82, 2.24) is 5.32 Å². The molecule has 6 nitrogen and oxygen atoms in total. The van der Waals surface area contributed by atoms with E-state index in [1.807, 2.05) is 25.1 Å². The van der Waals surface area contributed by atoms with Crippen molar-refractivity contribution < 1.29 is 23.8 Å². The lowest BCUT2D eigenvalue weighted by Gasteiger charge is -2.26. The molecule has 0 aromatic heterocycles. The zero-order chi connectivity index (χ0) is 19.9. The fourth-order valence-corrected chi connectivity index (χ4v) is 3.42. The Kier molecular flexibility index (Phi) is 6.53. The molecule has 0 radical (unpaired) electrons. The summed E-state index contributed by atoms with van der Waals surface area (Å²) in [6, 6.07) is 12.9. The first-order chi connectivity index (χ1) is 13.6. The van der Waals surface area contributed by atoms with Gasteiger partial charge in [0.2, 0.25) is 0 Å². The van der Waals surface area contributed by atoms with Gasteiger partial charge < -0.3 is 19.5 Å². The van der Waals surface area contributed by atoms with Crippen molar-refractivity contribution in [3.05, 3.63) is 59.2 Å². The van der Waals surface area contributed by atoms with E-state index in [0.29, 0.717) is 23.7 Å². The Bertz CT molecular complexity index is 849. The van der Waals surface area contributed by atoms with Gasteiger partial charge >= 0.3 is 5.97 Å². The molecule has 1 aliphatic carbocycles. The number of carbonyl (C=O) groups excluding carboxylic acids is 2. The minimum atomic E-state index is -0.583. The molecule has 0 aliphatic heterocycles. The molecular weight excluding hydrogens is 358 g/mol. The number of amides is 1. The minimum absolute atomic E-state index is 0.0401. The number of carbonyl (C=O) groups is 2. The molecule has 1 aliphatic rings. The van der Waals surface area contributed by atoms with Crippen LogP contribution in [0, 0.1) is 0 Å². The van der Waals surface area contributed by atoms with Gasteiger partial charge in [-0.15, -0.1) is 0 Å². The van der Waals surface area contributed by atoms with Crippen LogP contribution in [-0.2, 0) is 16.0 Å². The molecule has 0 bridgehead atoms. The summed E-state index contributed by atoms with van der Waals surface area (Å²) in [5, 5.41) is 2.97. The van der Waals surface area contributed by atoms with Gasteiger partial charge in [-0.3, -0.25) is 4.79 Å². The van der Waals surface area contributed by atoms with E-state index < -0.39 is 5.97 Å². The molecule has 1 amide bonds. The van der Waals surface area contributed by atoms with Crippen LogP contribution < -0.4 is 14.8 Å². The van der Waals surface area contributed by atoms with Gasteiger partial charge in [0, 0.05) is 0 Å². The number of rotatable bonds is 7. The van der Waals surface area contributed by atoms with Gasteiger partial charge in [-0.25, -0.2) is 4.79 Å². The molecule has 1 N–H and O–H groups in total. The Morgan fingerprint density at radius 2 is 1.96 bits per heavy atom. The Hall–Kier alpha value is -3.02. The number of aryl methyl sites for hydroxylation is 1. The lowest BCUT2D eigenvalue weighted by Crippen LogP contribution is -2.34. The predicted octanol–water partition coefficient (Wildman–Crippen LogP) is 3.44. The lowest BCUT2D eigenvalue weighted by atomic mass is 9.88. The molecule has 1 atom stereocenters. The normalized spacial score (nSPS) is 15.3. The average molecular weight is 383 g/mol. The SMILES string of the molecule is CCOc1ccc(C(=O)OCC(=O)N[C@@H]2CCCc3ccccc32)cc1OC. The predicted molar refractivity (Wildman–Crippen MR) is 105 cm³/mol. The maximum Gasteiger partial charge on any atom is 0.338 e. The van der Waals surface area contributed by atoms with Crippen LogP contribution in [0.1, 0.15) is 47.3 Å². The highest BCUT2D eigenvalue weighted by molar-refractivity contribution is 5.92. The molecule has 0 heterocycles. The van der Waals surface area contributed by atoms with E-state index in [1.165, 1.54) is 12.7 Å². The van der Waals surface area contributed by atoms with E-state index in [9.17, 15) is 9.59 Å². The molecule has 0 saturated heterocycles. The van der Waals surface area contributed by atoms with Gasteiger partial charge in [0.25, 0.3) is 5.91 Å². The minimum Gasteiger partial charge on any atom is -0.493 e. The number of hydrogen-bond donors (Lipinski definition) is 1. The lowest BCUT2D eigenvalue weighted by molar-refractivity contribution is -0.125. The highest BCUT2D eigenvalue weighted by Crippen LogP contribution is 2.30. The van der Waals surface area contributed by atoms with Gasteiger partial charge in [0.05, 0.1) is 25.3 Å². The Labute approximate surface area is 164 Å². The van der Waals surface area contributed by atoms with Crippen molar-refractivity contribution in [2.24, 2.45) is 0 Å². The Balaban J connectivity index is 1.57. The summed E-state index contributed by atoms with van der Waals surface area (Å²) >= 11 is 0. The van der Waals surface area contributed by atoms with E-state index in [1.54, 1.807) is 18.2 Å². The monoisotopic (exact) mass is 383 g/mol. The summed E-state index contributed by atoms with van der Waals surface area (Å²) in [7, 11) is 1.50. The van der Waals surface area contributed by atoms with Crippen LogP contribution in [0.3, 0.4) is 0 Å². The van der Waals surface area contributed by atoms with E-state index in [-0.39, 0.29) is 18.6 Å². The highest BCUT2D eigenvalue weighted by atomic mass is 16.5. The molecule has 2 aromatic carbocycles. The molecule has 0 saturated carbocycles. The maximum absolute atomic E-state index is 12.3. The van der Waals surface area contributed by atoms with Crippen LogP contribution in [-0.4, -0.2) is 32.2 Å². The molecule has 0 fully saturated rings. The molecule has 28 heavy (non-hydrogen) atoms. The summed E-state index contributed by atoms with van der Waals surface area (Å²) in [5.41, 5.74) is 2.71. The van der Waals surface area contributed by atoms with E-state index >= 15 is 0 Å². The summed E-state index contributed by atoms with van der Waals surface area (Å²) in [6.45, 7) is 2.03. The number of esters is 1. The van der Waals surface area contributed by atoms with Crippen LogP contribution in [0.15, 0.2) is 42.5 Å². The summed E-state index contributed by atoms with van der Waals surface area (Å²) in [4.78, 5) is 24.6. The van der Waals surface area contributed by atoms with Crippen molar-refractivity contribution in [2.45, 2.75) is 32.2 Å². The smallest absolute Gasteiger partial charge is 0.338 e. The standard InChI is InChI=1S/C22H25NO5/c1-3-27-19-12-11-16(13-20(19)26-2)22(25)28-14-21(24)23-18-10-6-8-15-7-4-5-9-17(15)18/h4-5,7,9,11-13,18H,3,6,8,10,14H2,1-2H3,(H,23,24)/t18-/m1/s1. The number of hydrogen-bond acceptors (Lipinski definition) is 5. The van der Waals surface area contributed by atoms with Gasteiger partial charge in [-0.05, 0) is 55.5 Å². The summed E-state index contributed by atoms with van der Waals surface area (Å²) in [6.07, 6.45) is 2.93. The molecule has 3 rings (SSSR count). The van der Waals surface area contributed by atoms with Crippen molar-refractivity contribution in [3.8, 4) is 11.5 Å². The number of nitrogens with one attached hydrogen (secondary N) is 1. The van der Waals surface area contributed by atoms with E-state index in [2.05, 4.69) is 11.4 Å². The van der Waals surface area contributed by atoms with Crippen molar-refractivity contribution in [2.75, 3.05) is 20.3 Å². The Morgan fingerprint density at radius 1 is 1.14 bits per heavy atom. The number of fused-ring (bicyclic) bond motifs is 1. The van der Waals surface area contributed by atoms with Crippen LogP contribution in [0.2, 0.25) is 0 Å². The molecule has 2 aromatic rings. The van der Waals surface area contributed by atoms with Crippen LogP contribution in [0.5, 0.6) is 11.5 Å². The first-order valence-electron chi connectivity index (χ1n) is 9.47. The van der Waals surface area contributed by atoms with Crippen molar-refractivity contribution in [3.63, 3.8) is 0 Å². The second-order valence-electron chi connectivity index (χ2n) is 6.59. The Morgan fingerprint density at radius 3 is 2.75 bits per heavy atom. The third-order valence-corrected chi connectivity index (χ3v) is 4.74. The summed E-state index contributed by atoms with van der Waals surface area (Å²) in [5.74, 6) is 0.100. The fraction of sp³-hybridized carbons (Fsp3) is 0.364. The molecular formula is C22H25NO5. The van der Waals surface area contributed by atoms with Crippen LogP contribution in [0.4, 0.5) is 0 Å². The highest BCUT2D eigenvalue weighted by Gasteiger charge is 2.22. The zero-order valence-corrected chi connectivity index (χ0v) is 16.2. The van der Waals surface area contributed by atoms with E-state index in [4.69, 9.17) is 14.2 Å².